The third-order valence-electron chi connectivity index (χ3n) is 3.84. The fourth-order valence-corrected chi connectivity index (χ4v) is 3.47. The van der Waals surface area contributed by atoms with Gasteiger partial charge in [0.15, 0.2) is 0 Å². The maximum atomic E-state index is 12.5. The Bertz CT molecular complexity index is 634. The van der Waals surface area contributed by atoms with Gasteiger partial charge >= 0.3 is 5.97 Å². The number of hydrogen-bond donors (Lipinski definition) is 2. The quantitative estimate of drug-likeness (QED) is 0.469. The number of nitro benzene ring substituents is 1. The summed E-state index contributed by atoms with van der Waals surface area (Å²) in [6.45, 7) is 1.93. The largest absolute Gasteiger partial charge is 0.481 e. The highest BCUT2D eigenvalue weighted by Crippen LogP contribution is 2.29. The number of nitrogens with zero attached hydrogens (tertiary/aromatic N) is 1. The van der Waals surface area contributed by atoms with Crippen LogP contribution in [0.5, 0.6) is 0 Å². The standard InChI is InChI=1S/C15H18N2O5S/c1-2-23-13-6-5-11(17(21)22)8-12(13)14(18)16-10-4-3-9(7-10)15(19)20/h5-6,8-10H,2-4,7H2,1H3,(H,16,18)(H,19,20)/t9-,10+/m0/s1. The number of aliphatic carboxylic acids is 1. The molecular weight excluding hydrogens is 320 g/mol. The Morgan fingerprint density at radius 2 is 2.17 bits per heavy atom. The lowest BCUT2D eigenvalue weighted by Crippen LogP contribution is -2.33. The molecule has 0 aliphatic heterocycles. The average Bonchev–Trinajstić information content (AvgIpc) is 2.96. The number of carbonyl (C=O) groups is 2. The molecule has 0 unspecified atom stereocenters. The van der Waals surface area contributed by atoms with Gasteiger partial charge < -0.3 is 10.4 Å². The van der Waals surface area contributed by atoms with Gasteiger partial charge in [-0.15, -0.1) is 11.8 Å². The molecule has 1 amide bonds. The Labute approximate surface area is 137 Å². The van der Waals surface area contributed by atoms with Gasteiger partial charge in [0.05, 0.1) is 16.4 Å². The first kappa shape index (κ1) is 17.3. The summed E-state index contributed by atoms with van der Waals surface area (Å²) in [7, 11) is 0. The molecule has 124 valence electrons. The van der Waals surface area contributed by atoms with Gasteiger partial charge in [-0.05, 0) is 31.1 Å². The van der Waals surface area contributed by atoms with E-state index in [9.17, 15) is 19.7 Å². The number of nitrogens with one attached hydrogen (secondary N) is 1. The second-order valence-electron chi connectivity index (χ2n) is 5.39. The lowest BCUT2D eigenvalue weighted by molar-refractivity contribution is -0.384. The van der Waals surface area contributed by atoms with E-state index in [0.717, 1.165) is 5.75 Å². The van der Waals surface area contributed by atoms with E-state index in [0.29, 0.717) is 24.2 Å². The fraction of sp³-hybridized carbons (Fsp3) is 0.467. The number of carboxylic acid groups (broad SMARTS) is 1. The normalized spacial score (nSPS) is 20.2. The predicted octanol–water partition coefficient (Wildman–Crippen LogP) is 2.69. The maximum Gasteiger partial charge on any atom is 0.306 e. The van der Waals surface area contributed by atoms with Crippen LogP contribution in [0.15, 0.2) is 23.1 Å². The number of nitro groups is 1. The molecule has 0 saturated heterocycles. The van der Waals surface area contributed by atoms with Crippen molar-refractivity contribution in [3.05, 3.63) is 33.9 Å². The van der Waals surface area contributed by atoms with Gasteiger partial charge in [-0.2, -0.15) is 0 Å². The van der Waals surface area contributed by atoms with Gasteiger partial charge in [0.2, 0.25) is 0 Å². The van der Waals surface area contributed by atoms with Gasteiger partial charge in [0, 0.05) is 23.1 Å². The van der Waals surface area contributed by atoms with Crippen molar-refractivity contribution in [2.45, 2.75) is 37.1 Å². The molecule has 0 radical (unpaired) electrons. The van der Waals surface area contributed by atoms with E-state index in [4.69, 9.17) is 5.11 Å². The Kier molecular flexibility index (Phi) is 5.59. The minimum atomic E-state index is -0.848. The van der Waals surface area contributed by atoms with Gasteiger partial charge in [0.1, 0.15) is 0 Å². The van der Waals surface area contributed by atoms with Gasteiger partial charge in [-0.25, -0.2) is 0 Å². The molecule has 1 aromatic carbocycles. The number of thioether (sulfide) groups is 1. The molecule has 0 spiro atoms. The van der Waals surface area contributed by atoms with Crippen molar-refractivity contribution in [2.24, 2.45) is 5.92 Å². The highest BCUT2D eigenvalue weighted by Gasteiger charge is 2.31. The smallest absolute Gasteiger partial charge is 0.306 e. The van der Waals surface area contributed by atoms with Gasteiger partial charge in [0.25, 0.3) is 11.6 Å². The molecule has 8 heteroatoms. The van der Waals surface area contributed by atoms with E-state index >= 15 is 0 Å². The molecule has 0 bridgehead atoms. The number of benzene rings is 1. The molecule has 1 saturated carbocycles. The van der Waals surface area contributed by atoms with E-state index in [1.54, 1.807) is 6.07 Å². The van der Waals surface area contributed by atoms with Crippen molar-refractivity contribution >= 4 is 29.3 Å². The zero-order valence-electron chi connectivity index (χ0n) is 12.7. The number of carbonyl (C=O) groups excluding carboxylic acids is 1. The van der Waals surface area contributed by atoms with Gasteiger partial charge in [-0.3, -0.25) is 19.7 Å². The third kappa shape index (κ3) is 4.22. The van der Waals surface area contributed by atoms with Crippen LogP contribution < -0.4 is 5.32 Å². The number of non-ortho nitro benzene ring substituents is 1. The SMILES string of the molecule is CCSc1ccc([N+](=O)[O-])cc1C(=O)N[C@@H]1CC[C@H](C(=O)O)C1. The Morgan fingerprint density at radius 3 is 2.74 bits per heavy atom. The molecule has 1 aliphatic rings. The summed E-state index contributed by atoms with van der Waals surface area (Å²) < 4.78 is 0. The summed E-state index contributed by atoms with van der Waals surface area (Å²) in [5.74, 6) is -0.933. The zero-order chi connectivity index (χ0) is 17.0. The molecule has 23 heavy (non-hydrogen) atoms. The highest BCUT2D eigenvalue weighted by molar-refractivity contribution is 7.99. The van der Waals surface area contributed by atoms with Crippen molar-refractivity contribution in [3.8, 4) is 0 Å². The lowest BCUT2D eigenvalue weighted by atomic mass is 10.1. The van der Waals surface area contributed by atoms with E-state index < -0.39 is 16.8 Å². The Morgan fingerprint density at radius 1 is 1.43 bits per heavy atom. The first-order valence-electron chi connectivity index (χ1n) is 7.37. The molecule has 1 aromatic rings. The van der Waals surface area contributed by atoms with Crippen LogP contribution >= 0.6 is 11.8 Å². The molecule has 2 rings (SSSR count). The Balaban J connectivity index is 2.15. The maximum absolute atomic E-state index is 12.5. The second kappa shape index (κ2) is 7.45. The topological polar surface area (TPSA) is 110 Å². The van der Waals surface area contributed by atoms with Crippen LogP contribution in [-0.4, -0.2) is 33.7 Å². The molecule has 2 N–H and O–H groups in total. The summed E-state index contributed by atoms with van der Waals surface area (Å²) in [4.78, 5) is 34.5. The lowest BCUT2D eigenvalue weighted by Gasteiger charge is -2.14. The Hall–Kier alpha value is -2.09. The van der Waals surface area contributed by atoms with Crippen LogP contribution in [0.4, 0.5) is 5.69 Å². The summed E-state index contributed by atoms with van der Waals surface area (Å²) in [6.07, 6.45) is 1.53. The van der Waals surface area contributed by atoms with E-state index in [1.165, 1.54) is 23.9 Å². The van der Waals surface area contributed by atoms with Crippen molar-refractivity contribution in [1.29, 1.82) is 0 Å². The van der Waals surface area contributed by atoms with Crippen LogP contribution in [0, 0.1) is 16.0 Å². The van der Waals surface area contributed by atoms with Crippen LogP contribution in [0.2, 0.25) is 0 Å². The van der Waals surface area contributed by atoms with Crippen molar-refractivity contribution in [1.82, 2.24) is 5.32 Å². The summed E-state index contributed by atoms with van der Waals surface area (Å²) in [6, 6.07) is 4.03. The van der Waals surface area contributed by atoms with Crippen molar-refractivity contribution in [3.63, 3.8) is 0 Å². The monoisotopic (exact) mass is 338 g/mol. The minimum absolute atomic E-state index is 0.134. The van der Waals surface area contributed by atoms with Crippen molar-refractivity contribution in [2.75, 3.05) is 5.75 Å². The third-order valence-corrected chi connectivity index (χ3v) is 4.79. The molecule has 2 atom stereocenters. The first-order chi connectivity index (χ1) is 10.9. The number of rotatable bonds is 6. The number of amides is 1. The van der Waals surface area contributed by atoms with Crippen molar-refractivity contribution < 1.29 is 19.6 Å². The fourth-order valence-electron chi connectivity index (χ4n) is 2.69. The van der Waals surface area contributed by atoms with Crippen LogP contribution in [0.25, 0.3) is 0 Å². The second-order valence-corrected chi connectivity index (χ2v) is 6.70. The minimum Gasteiger partial charge on any atom is -0.481 e. The van der Waals surface area contributed by atoms with E-state index in [2.05, 4.69) is 5.32 Å². The first-order valence-corrected chi connectivity index (χ1v) is 8.35. The summed E-state index contributed by atoms with van der Waals surface area (Å²) in [5, 5.41) is 22.7. The van der Waals surface area contributed by atoms with Crippen LogP contribution in [0.1, 0.15) is 36.5 Å². The average molecular weight is 338 g/mol. The summed E-state index contributed by atoms with van der Waals surface area (Å²) in [5.41, 5.74) is 0.135. The van der Waals surface area contributed by atoms with Crippen LogP contribution in [0.3, 0.4) is 0 Å². The van der Waals surface area contributed by atoms with E-state index in [1.807, 2.05) is 6.92 Å². The van der Waals surface area contributed by atoms with Crippen LogP contribution in [-0.2, 0) is 4.79 Å². The summed E-state index contributed by atoms with van der Waals surface area (Å²) >= 11 is 1.44. The highest BCUT2D eigenvalue weighted by atomic mass is 32.2. The molecule has 7 nitrogen and oxygen atoms in total. The van der Waals surface area contributed by atoms with Gasteiger partial charge in [-0.1, -0.05) is 6.92 Å². The molecule has 0 heterocycles. The zero-order valence-corrected chi connectivity index (χ0v) is 13.5. The molecule has 1 fully saturated rings. The molecular formula is C15H18N2O5S. The molecule has 1 aliphatic carbocycles. The molecule has 0 aromatic heterocycles. The van der Waals surface area contributed by atoms with E-state index in [-0.39, 0.29) is 23.2 Å². The number of hydrogen-bond acceptors (Lipinski definition) is 5. The predicted molar refractivity (Wildman–Crippen MR) is 85.7 cm³/mol. The number of carboxylic acids is 1.